The van der Waals surface area contributed by atoms with Gasteiger partial charge in [-0.2, -0.15) is 0 Å². The van der Waals surface area contributed by atoms with Crippen molar-refractivity contribution in [2.24, 2.45) is 0 Å². The van der Waals surface area contributed by atoms with Crippen LogP contribution in [0, 0.1) is 0 Å². The van der Waals surface area contributed by atoms with E-state index in [1.807, 2.05) is 0 Å². The minimum absolute atomic E-state index is 0.224. The van der Waals surface area contributed by atoms with Crippen LogP contribution in [0.5, 0.6) is 0 Å². The molecule has 0 aromatic carbocycles. The minimum Gasteiger partial charge on any atom is -0.478 e. The van der Waals surface area contributed by atoms with Gasteiger partial charge in [0.1, 0.15) is 0 Å². The first-order valence-corrected chi connectivity index (χ1v) is 4.00. The molecule has 0 radical (unpaired) electrons. The summed E-state index contributed by atoms with van der Waals surface area (Å²) < 4.78 is 0. The molecule has 4 heteroatoms. The number of carbonyl (C=O) groups is 2. The minimum atomic E-state index is -1.25. The van der Waals surface area contributed by atoms with Gasteiger partial charge in [0, 0.05) is 0 Å². The van der Waals surface area contributed by atoms with E-state index in [0.717, 1.165) is 0 Å². The van der Waals surface area contributed by atoms with Gasteiger partial charge >= 0.3 is 11.9 Å². The fraction of sp³-hybridized carbons (Fsp3) is 0.200. The molecule has 0 aliphatic carbocycles. The number of allylic oxidation sites excluding steroid dienone is 2. The second kappa shape index (κ2) is 5.75. The molecule has 2 N–H and O–H groups in total. The predicted molar refractivity (Wildman–Crippen MR) is 51.9 cm³/mol. The smallest absolute Gasteiger partial charge is 0.336 e. The van der Waals surface area contributed by atoms with Gasteiger partial charge in [0.15, 0.2) is 0 Å². The Labute approximate surface area is 81.9 Å². The third-order valence-corrected chi connectivity index (χ3v) is 1.42. The number of hydrogen-bond donors (Lipinski definition) is 2. The number of hydrogen-bond acceptors (Lipinski definition) is 2. The Kier molecular flexibility index (Phi) is 4.99. The van der Waals surface area contributed by atoms with Crippen molar-refractivity contribution in [2.45, 2.75) is 13.8 Å². The quantitative estimate of drug-likeness (QED) is 0.529. The Hall–Kier alpha value is -1.84. The van der Waals surface area contributed by atoms with E-state index in [4.69, 9.17) is 10.2 Å². The molecular formula is C10H12O4. The highest BCUT2D eigenvalue weighted by atomic mass is 16.4. The van der Waals surface area contributed by atoms with E-state index in [9.17, 15) is 9.59 Å². The summed E-state index contributed by atoms with van der Waals surface area (Å²) in [4.78, 5) is 21.4. The van der Waals surface area contributed by atoms with Gasteiger partial charge in [-0.1, -0.05) is 24.3 Å². The maximum absolute atomic E-state index is 10.7. The first-order chi connectivity index (χ1) is 6.54. The third-order valence-electron chi connectivity index (χ3n) is 1.42. The fourth-order valence-electron chi connectivity index (χ4n) is 0.886. The predicted octanol–water partition coefficient (Wildman–Crippen LogP) is 1.60. The monoisotopic (exact) mass is 196 g/mol. The lowest BCUT2D eigenvalue weighted by Gasteiger charge is -1.99. The summed E-state index contributed by atoms with van der Waals surface area (Å²) in [6, 6.07) is 0. The maximum Gasteiger partial charge on any atom is 0.336 e. The zero-order valence-corrected chi connectivity index (χ0v) is 8.02. The average Bonchev–Trinajstić information content (AvgIpc) is 2.10. The van der Waals surface area contributed by atoms with Crippen LogP contribution in [0.1, 0.15) is 13.8 Å². The highest BCUT2D eigenvalue weighted by Gasteiger charge is 2.14. The van der Waals surface area contributed by atoms with Gasteiger partial charge in [-0.25, -0.2) is 9.59 Å². The van der Waals surface area contributed by atoms with Gasteiger partial charge in [0.25, 0.3) is 0 Å². The molecule has 0 rings (SSSR count). The van der Waals surface area contributed by atoms with Crippen molar-refractivity contribution in [3.63, 3.8) is 0 Å². The van der Waals surface area contributed by atoms with Crippen LogP contribution >= 0.6 is 0 Å². The Morgan fingerprint density at radius 2 is 1.14 bits per heavy atom. The number of rotatable bonds is 4. The summed E-state index contributed by atoms with van der Waals surface area (Å²) in [5.74, 6) is -2.50. The van der Waals surface area contributed by atoms with Crippen molar-refractivity contribution in [1.82, 2.24) is 0 Å². The molecule has 0 saturated heterocycles. The van der Waals surface area contributed by atoms with Gasteiger partial charge in [0.05, 0.1) is 11.1 Å². The molecule has 0 aromatic rings. The zero-order valence-electron chi connectivity index (χ0n) is 8.02. The number of aliphatic carboxylic acids is 2. The molecule has 0 spiro atoms. The van der Waals surface area contributed by atoms with E-state index in [1.165, 1.54) is 24.3 Å². The van der Waals surface area contributed by atoms with Crippen molar-refractivity contribution >= 4 is 11.9 Å². The molecule has 0 fully saturated rings. The fourth-order valence-corrected chi connectivity index (χ4v) is 0.886. The van der Waals surface area contributed by atoms with Crippen LogP contribution in [0.3, 0.4) is 0 Å². The van der Waals surface area contributed by atoms with Crippen LogP contribution in [0.2, 0.25) is 0 Å². The summed E-state index contributed by atoms with van der Waals surface area (Å²) in [6.07, 6.45) is 5.48. The van der Waals surface area contributed by atoms with Crippen molar-refractivity contribution in [2.75, 3.05) is 0 Å². The van der Waals surface area contributed by atoms with E-state index < -0.39 is 11.9 Å². The van der Waals surface area contributed by atoms with Crippen LogP contribution in [0.15, 0.2) is 35.5 Å². The summed E-state index contributed by atoms with van der Waals surface area (Å²) >= 11 is 0. The largest absolute Gasteiger partial charge is 0.478 e. The third kappa shape index (κ3) is 3.26. The normalized spacial score (nSPS) is 13.3. The topological polar surface area (TPSA) is 74.6 Å². The molecule has 0 aliphatic rings. The Bertz CT molecular complexity index is 289. The molecule has 76 valence electrons. The second-order valence-corrected chi connectivity index (χ2v) is 2.44. The van der Waals surface area contributed by atoms with E-state index in [1.54, 1.807) is 13.8 Å². The molecular weight excluding hydrogens is 184 g/mol. The lowest BCUT2D eigenvalue weighted by atomic mass is 10.1. The van der Waals surface area contributed by atoms with E-state index >= 15 is 0 Å². The highest BCUT2D eigenvalue weighted by molar-refractivity contribution is 6.02. The SMILES string of the molecule is C\C=C/C(C(=O)O)=C(\C=C/C)C(=O)O. The van der Waals surface area contributed by atoms with E-state index in [-0.39, 0.29) is 11.1 Å². The van der Waals surface area contributed by atoms with Crippen LogP contribution in [0.4, 0.5) is 0 Å². The number of carboxylic acid groups (broad SMARTS) is 2. The summed E-state index contributed by atoms with van der Waals surface area (Å²) in [6.45, 7) is 3.25. The molecule has 0 aromatic heterocycles. The summed E-state index contributed by atoms with van der Waals surface area (Å²) in [7, 11) is 0. The molecule has 4 nitrogen and oxygen atoms in total. The Morgan fingerprint density at radius 3 is 1.29 bits per heavy atom. The van der Waals surface area contributed by atoms with Gasteiger partial charge in [-0.3, -0.25) is 0 Å². The molecule has 14 heavy (non-hydrogen) atoms. The van der Waals surface area contributed by atoms with E-state index in [0.29, 0.717) is 0 Å². The summed E-state index contributed by atoms with van der Waals surface area (Å²) in [5.41, 5.74) is -0.448. The van der Waals surface area contributed by atoms with Crippen molar-refractivity contribution in [3.05, 3.63) is 35.5 Å². The zero-order chi connectivity index (χ0) is 11.1. The molecule has 0 amide bonds. The van der Waals surface area contributed by atoms with Crippen LogP contribution < -0.4 is 0 Å². The molecule has 0 saturated carbocycles. The molecule has 0 heterocycles. The van der Waals surface area contributed by atoms with Crippen molar-refractivity contribution in [1.29, 1.82) is 0 Å². The van der Waals surface area contributed by atoms with Gasteiger partial charge in [-0.05, 0) is 13.8 Å². The average molecular weight is 196 g/mol. The standard InChI is InChI=1S/C10H12O4/c1-3-5-7(9(11)12)8(6-4-2)10(13)14/h3-6H,1-2H3,(H,11,12)(H,13,14)/b5-3-,6-4-,8-7-. The van der Waals surface area contributed by atoms with Crippen LogP contribution in [0.25, 0.3) is 0 Å². The van der Waals surface area contributed by atoms with Crippen molar-refractivity contribution < 1.29 is 19.8 Å². The second-order valence-electron chi connectivity index (χ2n) is 2.44. The lowest BCUT2D eigenvalue weighted by Crippen LogP contribution is -2.08. The Balaban J connectivity index is 5.49. The van der Waals surface area contributed by atoms with E-state index in [2.05, 4.69) is 0 Å². The maximum atomic E-state index is 10.7. The molecule has 0 bridgehead atoms. The van der Waals surface area contributed by atoms with Crippen LogP contribution in [-0.2, 0) is 9.59 Å². The van der Waals surface area contributed by atoms with Gasteiger partial charge in [0.2, 0.25) is 0 Å². The van der Waals surface area contributed by atoms with Gasteiger partial charge in [-0.15, -0.1) is 0 Å². The molecule has 0 aliphatic heterocycles. The Morgan fingerprint density at radius 1 is 0.857 bits per heavy atom. The first kappa shape index (κ1) is 12.2. The first-order valence-electron chi connectivity index (χ1n) is 4.00. The highest BCUT2D eigenvalue weighted by Crippen LogP contribution is 2.09. The summed E-state index contributed by atoms with van der Waals surface area (Å²) in [5, 5.41) is 17.5. The molecule has 0 unspecified atom stereocenters. The van der Waals surface area contributed by atoms with Crippen LogP contribution in [-0.4, -0.2) is 22.2 Å². The van der Waals surface area contributed by atoms with Crippen molar-refractivity contribution in [3.8, 4) is 0 Å². The molecule has 0 atom stereocenters. The van der Waals surface area contributed by atoms with Gasteiger partial charge < -0.3 is 10.2 Å². The number of carboxylic acids is 2. The lowest BCUT2D eigenvalue weighted by molar-refractivity contribution is -0.135.